The van der Waals surface area contributed by atoms with Crippen LogP contribution in [0.5, 0.6) is 0 Å². The minimum atomic E-state index is -4.46. The molecule has 0 bridgehead atoms. The van der Waals surface area contributed by atoms with E-state index in [0.717, 1.165) is 22.3 Å². The van der Waals surface area contributed by atoms with E-state index in [4.69, 9.17) is 0 Å². The van der Waals surface area contributed by atoms with E-state index in [1.165, 1.54) is 23.8 Å². The van der Waals surface area contributed by atoms with Gasteiger partial charge < -0.3 is 0 Å². The van der Waals surface area contributed by atoms with Gasteiger partial charge in [-0.1, -0.05) is 104 Å². The van der Waals surface area contributed by atoms with Gasteiger partial charge in [0.05, 0.1) is 5.57 Å². The molecule has 0 amide bonds. The Morgan fingerprint density at radius 3 is 2.41 bits per heavy atom. The summed E-state index contributed by atoms with van der Waals surface area (Å²) in [5.41, 5.74) is 5.43. The van der Waals surface area contributed by atoms with E-state index < -0.39 is 11.7 Å². The van der Waals surface area contributed by atoms with Gasteiger partial charge in [-0.25, -0.2) is 0 Å². The third kappa shape index (κ3) is 3.44. The highest BCUT2D eigenvalue weighted by molar-refractivity contribution is 5.76. The van der Waals surface area contributed by atoms with Crippen molar-refractivity contribution >= 4 is 11.6 Å². The maximum atomic E-state index is 14.1. The number of rotatable bonds is 3. The molecule has 3 aliphatic carbocycles. The predicted octanol–water partition coefficient (Wildman–Crippen LogP) is 8.08. The fraction of sp³-hybridized carbons (Fsp3) is 0.103. The summed E-state index contributed by atoms with van der Waals surface area (Å²) in [5.74, 6) is -0.0803. The Labute approximate surface area is 185 Å². The van der Waals surface area contributed by atoms with Gasteiger partial charge in [0.15, 0.2) is 0 Å². The smallest absolute Gasteiger partial charge is 0.166 e. The number of fused-ring (bicyclic) bond motifs is 5. The molecular weight excluding hydrogens is 405 g/mol. The average Bonchev–Trinajstić information content (AvgIpc) is 2.82. The van der Waals surface area contributed by atoms with E-state index >= 15 is 0 Å². The van der Waals surface area contributed by atoms with Crippen molar-refractivity contribution in [1.29, 1.82) is 0 Å². The molecule has 2 unspecified atom stereocenters. The first kappa shape index (κ1) is 20.3. The summed E-state index contributed by atoms with van der Waals surface area (Å²) < 4.78 is 42.3. The average molecular weight is 426 g/mol. The fourth-order valence-electron chi connectivity index (χ4n) is 4.81. The first-order valence-electron chi connectivity index (χ1n) is 10.6. The van der Waals surface area contributed by atoms with Gasteiger partial charge in [-0.2, -0.15) is 13.2 Å². The number of allylic oxidation sites excluding steroid dienone is 12. The Kier molecular flexibility index (Phi) is 4.97. The molecule has 3 aliphatic rings. The third-order valence-electron chi connectivity index (χ3n) is 6.24. The third-order valence-corrected chi connectivity index (χ3v) is 6.24. The molecule has 2 aromatic rings. The summed E-state index contributed by atoms with van der Waals surface area (Å²) in [5, 5.41) is 0. The highest BCUT2D eigenvalue weighted by atomic mass is 19.4. The van der Waals surface area contributed by atoms with Crippen LogP contribution in [0, 0.1) is 0 Å². The molecule has 32 heavy (non-hydrogen) atoms. The molecule has 0 N–H and O–H groups in total. The van der Waals surface area contributed by atoms with Crippen LogP contribution in [0.3, 0.4) is 0 Å². The van der Waals surface area contributed by atoms with Crippen molar-refractivity contribution in [2.24, 2.45) is 0 Å². The maximum absolute atomic E-state index is 14.1. The summed E-state index contributed by atoms with van der Waals surface area (Å²) in [7, 11) is 0. The van der Waals surface area contributed by atoms with Gasteiger partial charge in [-0.15, -0.1) is 0 Å². The van der Waals surface area contributed by atoms with Crippen LogP contribution >= 0.6 is 0 Å². The van der Waals surface area contributed by atoms with Crippen molar-refractivity contribution in [3.63, 3.8) is 0 Å². The largest absolute Gasteiger partial charge is 0.417 e. The molecular formula is C29H21F3. The zero-order valence-electron chi connectivity index (χ0n) is 17.3. The molecule has 3 heteroatoms. The van der Waals surface area contributed by atoms with Crippen molar-refractivity contribution in [1.82, 2.24) is 0 Å². The van der Waals surface area contributed by atoms with Crippen LogP contribution in [-0.2, 0) is 0 Å². The van der Waals surface area contributed by atoms with Crippen molar-refractivity contribution in [3.8, 4) is 0 Å². The lowest BCUT2D eigenvalue weighted by Gasteiger charge is -2.36. The Morgan fingerprint density at radius 1 is 0.875 bits per heavy atom. The summed E-state index contributed by atoms with van der Waals surface area (Å²) in [6, 6.07) is 14.3. The van der Waals surface area contributed by atoms with Crippen LogP contribution in [0.1, 0.15) is 34.1 Å². The minimum absolute atomic E-state index is 0.0227. The molecule has 0 spiro atoms. The van der Waals surface area contributed by atoms with Crippen LogP contribution in [0.4, 0.5) is 13.2 Å². The molecule has 0 aromatic heterocycles. The van der Waals surface area contributed by atoms with Gasteiger partial charge in [0, 0.05) is 11.8 Å². The second kappa shape index (κ2) is 7.83. The van der Waals surface area contributed by atoms with Crippen LogP contribution in [-0.4, -0.2) is 6.18 Å². The molecule has 5 rings (SSSR count). The van der Waals surface area contributed by atoms with Gasteiger partial charge in [0.2, 0.25) is 0 Å². The van der Waals surface area contributed by atoms with Gasteiger partial charge in [-0.3, -0.25) is 0 Å². The summed E-state index contributed by atoms with van der Waals surface area (Å²) in [6.07, 6.45) is 12.5. The first-order chi connectivity index (χ1) is 15.5. The van der Waals surface area contributed by atoms with E-state index in [9.17, 15) is 13.2 Å². The second-order valence-electron chi connectivity index (χ2n) is 8.09. The lowest BCUT2D eigenvalue weighted by Crippen LogP contribution is -2.20. The molecule has 0 saturated heterocycles. The highest BCUT2D eigenvalue weighted by Gasteiger charge is 2.37. The monoisotopic (exact) mass is 426 g/mol. The molecule has 0 radical (unpaired) electrons. The van der Waals surface area contributed by atoms with Gasteiger partial charge >= 0.3 is 6.18 Å². The van der Waals surface area contributed by atoms with E-state index in [2.05, 4.69) is 30.9 Å². The zero-order chi connectivity index (χ0) is 22.3. The molecule has 0 aliphatic heterocycles. The summed E-state index contributed by atoms with van der Waals surface area (Å²) >= 11 is 0. The quantitative estimate of drug-likeness (QED) is 0.465. The Bertz CT molecular complexity index is 1260. The molecule has 158 valence electrons. The van der Waals surface area contributed by atoms with Gasteiger partial charge in [0.1, 0.15) is 0 Å². The molecule has 2 atom stereocenters. The normalized spacial score (nSPS) is 21.6. The van der Waals surface area contributed by atoms with Crippen molar-refractivity contribution in [3.05, 3.63) is 143 Å². The SMILES string of the molecule is C=Cc1ccc2c(c1)C1C=CC=C(/C=C(/c3ccccc3)C(F)(F)F)C1=C1C=CC=CC12. The fourth-order valence-corrected chi connectivity index (χ4v) is 4.81. The van der Waals surface area contributed by atoms with E-state index in [1.54, 1.807) is 30.4 Å². The van der Waals surface area contributed by atoms with Crippen LogP contribution in [0.2, 0.25) is 0 Å². The minimum Gasteiger partial charge on any atom is -0.166 e. The number of hydrogen-bond donors (Lipinski definition) is 0. The highest BCUT2D eigenvalue weighted by Crippen LogP contribution is 2.50. The van der Waals surface area contributed by atoms with E-state index in [-0.39, 0.29) is 17.4 Å². The van der Waals surface area contributed by atoms with Gasteiger partial charge in [0.25, 0.3) is 0 Å². The van der Waals surface area contributed by atoms with Crippen LogP contribution < -0.4 is 0 Å². The number of alkyl halides is 3. The predicted molar refractivity (Wildman–Crippen MR) is 125 cm³/mol. The summed E-state index contributed by atoms with van der Waals surface area (Å²) in [6.45, 7) is 3.88. The van der Waals surface area contributed by atoms with Crippen molar-refractivity contribution in [2.45, 2.75) is 18.0 Å². The standard InChI is InChI=1S/C29H21F3/c1-2-19-15-16-23-22-12-6-7-13-24(22)28-21(11-8-14-25(28)26(23)17-19)18-27(29(30,31)32)20-9-4-3-5-10-20/h2-18,22,25H,1H2/b27-18-. The molecule has 0 nitrogen and oxygen atoms in total. The van der Waals surface area contributed by atoms with E-state index in [1.807, 2.05) is 30.4 Å². The molecule has 0 heterocycles. The lowest BCUT2D eigenvalue weighted by atomic mass is 9.67. The number of hydrogen-bond acceptors (Lipinski definition) is 0. The molecule has 0 fully saturated rings. The Morgan fingerprint density at radius 2 is 1.66 bits per heavy atom. The van der Waals surface area contributed by atoms with Gasteiger partial charge in [-0.05, 0) is 45.0 Å². The lowest BCUT2D eigenvalue weighted by molar-refractivity contribution is -0.0689. The van der Waals surface area contributed by atoms with E-state index in [0.29, 0.717) is 5.57 Å². The second-order valence-corrected chi connectivity index (χ2v) is 8.09. The Hall–Kier alpha value is -3.59. The Balaban J connectivity index is 1.72. The summed E-state index contributed by atoms with van der Waals surface area (Å²) in [4.78, 5) is 0. The van der Waals surface area contributed by atoms with Crippen LogP contribution in [0.15, 0.2) is 120 Å². The molecule has 0 saturated carbocycles. The topological polar surface area (TPSA) is 0 Å². The first-order valence-corrected chi connectivity index (χ1v) is 10.6. The molecule has 2 aromatic carbocycles. The van der Waals surface area contributed by atoms with Crippen LogP contribution in [0.25, 0.3) is 11.6 Å². The number of halogens is 3. The van der Waals surface area contributed by atoms with Crippen molar-refractivity contribution in [2.75, 3.05) is 0 Å². The maximum Gasteiger partial charge on any atom is 0.417 e. The number of benzene rings is 2. The van der Waals surface area contributed by atoms with Crippen molar-refractivity contribution < 1.29 is 13.2 Å². The zero-order valence-corrected chi connectivity index (χ0v) is 17.3.